The van der Waals surface area contributed by atoms with Crippen LogP contribution in [0.2, 0.25) is 0 Å². The molecule has 3 aromatic rings. The molecule has 0 saturated carbocycles. The summed E-state index contributed by atoms with van der Waals surface area (Å²) < 4.78 is 7.08. The van der Waals surface area contributed by atoms with Crippen LogP contribution in [0.25, 0.3) is 16.6 Å². The van der Waals surface area contributed by atoms with Crippen molar-refractivity contribution in [2.24, 2.45) is 7.05 Å². The van der Waals surface area contributed by atoms with Crippen molar-refractivity contribution in [1.29, 1.82) is 5.41 Å². The Kier molecular flexibility index (Phi) is 4.58. The number of nitrogens with one attached hydrogen (secondary N) is 1. The van der Waals surface area contributed by atoms with Crippen LogP contribution in [-0.2, 0) is 11.8 Å². The number of para-hydroxylation sites is 2. The molecular formula is C22H22N4O3. The molecule has 0 radical (unpaired) electrons. The number of hydrogen-bond acceptors (Lipinski definition) is 5. The van der Waals surface area contributed by atoms with Crippen molar-refractivity contribution < 1.29 is 14.6 Å². The SMILES string of the molecule is CC(C)OC(=O)c1ccc(N2CC(O)=C(c3nc4ccccc4n3C)C2=N)cc1. The maximum absolute atomic E-state index is 12.0. The van der Waals surface area contributed by atoms with E-state index in [1.165, 1.54) is 0 Å². The summed E-state index contributed by atoms with van der Waals surface area (Å²) in [4.78, 5) is 18.3. The van der Waals surface area contributed by atoms with Crippen molar-refractivity contribution in [1.82, 2.24) is 9.55 Å². The number of benzene rings is 2. The van der Waals surface area contributed by atoms with E-state index >= 15 is 0 Å². The summed E-state index contributed by atoms with van der Waals surface area (Å²) >= 11 is 0. The number of hydrogen-bond donors (Lipinski definition) is 2. The third-order valence-corrected chi connectivity index (χ3v) is 4.87. The molecule has 0 spiro atoms. The Morgan fingerprint density at radius 1 is 1.17 bits per heavy atom. The molecule has 0 fully saturated rings. The van der Waals surface area contributed by atoms with Gasteiger partial charge in [0.25, 0.3) is 0 Å². The molecule has 2 N–H and O–H groups in total. The number of imidazole rings is 1. The van der Waals surface area contributed by atoms with E-state index in [4.69, 9.17) is 10.1 Å². The van der Waals surface area contributed by atoms with E-state index in [2.05, 4.69) is 4.98 Å². The van der Waals surface area contributed by atoms with E-state index in [9.17, 15) is 9.90 Å². The van der Waals surface area contributed by atoms with Gasteiger partial charge in [0.2, 0.25) is 0 Å². The number of anilines is 1. The van der Waals surface area contributed by atoms with E-state index in [0.29, 0.717) is 22.6 Å². The number of esters is 1. The molecule has 0 saturated heterocycles. The molecular weight excluding hydrogens is 368 g/mol. The van der Waals surface area contributed by atoms with Gasteiger partial charge in [0.05, 0.1) is 34.8 Å². The smallest absolute Gasteiger partial charge is 0.338 e. The minimum absolute atomic E-state index is 0.0942. The van der Waals surface area contributed by atoms with Gasteiger partial charge in [0.15, 0.2) is 0 Å². The second-order valence-electron chi connectivity index (χ2n) is 7.24. The van der Waals surface area contributed by atoms with E-state index in [1.54, 1.807) is 43.0 Å². The molecule has 0 amide bonds. The highest BCUT2D eigenvalue weighted by atomic mass is 16.5. The number of aryl methyl sites for hydroxylation is 1. The van der Waals surface area contributed by atoms with Crippen LogP contribution in [0, 0.1) is 5.41 Å². The molecule has 0 aliphatic carbocycles. The summed E-state index contributed by atoms with van der Waals surface area (Å²) in [7, 11) is 1.87. The number of nitrogens with zero attached hydrogens (tertiary/aromatic N) is 3. The maximum atomic E-state index is 12.0. The molecule has 1 aromatic heterocycles. The Morgan fingerprint density at radius 2 is 1.86 bits per heavy atom. The lowest BCUT2D eigenvalue weighted by Gasteiger charge is -2.19. The maximum Gasteiger partial charge on any atom is 0.338 e. The number of aliphatic hydroxyl groups excluding tert-OH is 1. The van der Waals surface area contributed by atoms with E-state index in [-0.39, 0.29) is 30.2 Å². The van der Waals surface area contributed by atoms with E-state index < -0.39 is 0 Å². The number of fused-ring (bicyclic) bond motifs is 1. The predicted octanol–water partition coefficient (Wildman–Crippen LogP) is 3.91. The Balaban J connectivity index is 1.62. The summed E-state index contributed by atoms with van der Waals surface area (Å²) in [6, 6.07) is 14.5. The molecule has 0 atom stereocenters. The topological polar surface area (TPSA) is 91.4 Å². The van der Waals surface area contributed by atoms with Crippen molar-refractivity contribution in [3.05, 3.63) is 65.7 Å². The first-order chi connectivity index (χ1) is 13.9. The second-order valence-corrected chi connectivity index (χ2v) is 7.24. The number of ether oxygens (including phenoxy) is 1. The standard InChI is InChI=1S/C22H22N4O3/c1-13(2)29-22(28)14-8-10-15(11-9-14)26-12-18(27)19(20(26)23)21-24-16-6-4-5-7-17(16)25(21)3/h4-11,13,23,27H,12H2,1-3H3. The molecule has 2 aromatic carbocycles. The monoisotopic (exact) mass is 390 g/mol. The number of aliphatic hydroxyl groups is 1. The molecule has 148 valence electrons. The average Bonchev–Trinajstić information content (AvgIpc) is 3.17. The molecule has 7 heteroatoms. The zero-order valence-corrected chi connectivity index (χ0v) is 16.5. The summed E-state index contributed by atoms with van der Waals surface area (Å²) in [5.74, 6) is 0.424. The average molecular weight is 390 g/mol. The summed E-state index contributed by atoms with van der Waals surface area (Å²) in [5, 5.41) is 19.2. The van der Waals surface area contributed by atoms with Crippen molar-refractivity contribution in [2.75, 3.05) is 11.4 Å². The highest BCUT2D eigenvalue weighted by molar-refractivity contribution is 6.30. The molecule has 1 aliphatic heterocycles. The van der Waals surface area contributed by atoms with Gasteiger partial charge in [-0.1, -0.05) is 12.1 Å². The quantitative estimate of drug-likeness (QED) is 0.659. The van der Waals surface area contributed by atoms with Gasteiger partial charge >= 0.3 is 5.97 Å². The molecule has 7 nitrogen and oxygen atoms in total. The third kappa shape index (κ3) is 3.24. The van der Waals surface area contributed by atoms with Crippen molar-refractivity contribution in [3.63, 3.8) is 0 Å². The van der Waals surface area contributed by atoms with Gasteiger partial charge in [-0.2, -0.15) is 0 Å². The largest absolute Gasteiger partial charge is 0.509 e. The lowest BCUT2D eigenvalue weighted by Crippen LogP contribution is -2.26. The van der Waals surface area contributed by atoms with Crippen LogP contribution in [0.4, 0.5) is 5.69 Å². The van der Waals surface area contributed by atoms with Crippen molar-refractivity contribution >= 4 is 34.1 Å². The van der Waals surface area contributed by atoms with Gasteiger partial charge in [-0.05, 0) is 50.2 Å². The van der Waals surface area contributed by atoms with Crippen LogP contribution in [0.5, 0.6) is 0 Å². The number of carbonyl (C=O) groups excluding carboxylic acids is 1. The Bertz CT molecular complexity index is 1140. The molecule has 2 heterocycles. The minimum Gasteiger partial charge on any atom is -0.509 e. The molecule has 0 bridgehead atoms. The van der Waals surface area contributed by atoms with Crippen LogP contribution < -0.4 is 4.90 Å². The van der Waals surface area contributed by atoms with Crippen LogP contribution >= 0.6 is 0 Å². The predicted molar refractivity (Wildman–Crippen MR) is 112 cm³/mol. The van der Waals surface area contributed by atoms with E-state index in [1.807, 2.05) is 35.9 Å². The first kappa shape index (κ1) is 18.7. The van der Waals surface area contributed by atoms with E-state index in [0.717, 1.165) is 11.0 Å². The normalized spacial score (nSPS) is 14.3. The molecule has 0 unspecified atom stereocenters. The highest BCUT2D eigenvalue weighted by Crippen LogP contribution is 2.32. The molecule has 4 rings (SSSR count). The number of carbonyl (C=O) groups is 1. The van der Waals surface area contributed by atoms with Crippen molar-refractivity contribution in [3.8, 4) is 0 Å². The van der Waals surface area contributed by atoms with Crippen molar-refractivity contribution in [2.45, 2.75) is 20.0 Å². The summed E-state index contributed by atoms with van der Waals surface area (Å²) in [5.41, 5.74) is 3.30. The lowest BCUT2D eigenvalue weighted by atomic mass is 10.2. The lowest BCUT2D eigenvalue weighted by molar-refractivity contribution is 0.0378. The minimum atomic E-state index is -0.385. The first-order valence-electron chi connectivity index (χ1n) is 9.38. The zero-order chi connectivity index (χ0) is 20.7. The van der Waals surface area contributed by atoms with Gasteiger partial charge in [-0.3, -0.25) is 5.41 Å². The Morgan fingerprint density at radius 3 is 2.52 bits per heavy atom. The fraction of sp³-hybridized carbons (Fsp3) is 0.227. The number of amidine groups is 1. The summed E-state index contributed by atoms with van der Waals surface area (Å²) in [6.45, 7) is 3.77. The van der Waals surface area contributed by atoms with Gasteiger partial charge in [-0.15, -0.1) is 0 Å². The first-order valence-corrected chi connectivity index (χ1v) is 9.38. The van der Waals surface area contributed by atoms with Crippen LogP contribution in [0.3, 0.4) is 0 Å². The highest BCUT2D eigenvalue weighted by Gasteiger charge is 2.32. The number of aromatic nitrogens is 2. The van der Waals surface area contributed by atoms with Crippen LogP contribution in [0.1, 0.15) is 30.0 Å². The van der Waals surface area contributed by atoms with Gasteiger partial charge in [0, 0.05) is 12.7 Å². The number of rotatable bonds is 4. The fourth-order valence-electron chi connectivity index (χ4n) is 3.46. The Labute approximate surface area is 168 Å². The molecule has 1 aliphatic rings. The van der Waals surface area contributed by atoms with Crippen LogP contribution in [0.15, 0.2) is 54.3 Å². The third-order valence-electron chi connectivity index (χ3n) is 4.87. The fourth-order valence-corrected chi connectivity index (χ4v) is 3.46. The van der Waals surface area contributed by atoms with Crippen LogP contribution in [-0.4, -0.2) is 39.1 Å². The van der Waals surface area contributed by atoms with Gasteiger partial charge in [-0.25, -0.2) is 9.78 Å². The zero-order valence-electron chi connectivity index (χ0n) is 16.5. The van der Waals surface area contributed by atoms with Gasteiger partial charge in [0.1, 0.15) is 17.4 Å². The second kappa shape index (κ2) is 7.09. The summed E-state index contributed by atoms with van der Waals surface area (Å²) in [6.07, 6.45) is -0.189. The van der Waals surface area contributed by atoms with Gasteiger partial charge < -0.3 is 19.3 Å². The molecule has 29 heavy (non-hydrogen) atoms. The Hall–Kier alpha value is -3.61.